The molecule has 4 rings (SSSR count). The van der Waals surface area contributed by atoms with Crippen LogP contribution in [-0.4, -0.2) is 61.0 Å². The molecule has 0 saturated carbocycles. The van der Waals surface area contributed by atoms with Gasteiger partial charge in [0.05, 0.1) is 7.11 Å². The maximum Gasteiger partial charge on any atom is 0.253 e. The second-order valence-electron chi connectivity index (χ2n) is 8.79. The molecule has 2 heterocycles. The van der Waals surface area contributed by atoms with E-state index in [1.165, 1.54) is 6.42 Å². The van der Waals surface area contributed by atoms with E-state index >= 15 is 0 Å². The van der Waals surface area contributed by atoms with Gasteiger partial charge in [-0.2, -0.15) is 0 Å². The fourth-order valence-electron chi connectivity index (χ4n) is 4.67. The predicted octanol–water partition coefficient (Wildman–Crippen LogP) is 4.66. The standard InChI is InChI=1S/C26H31ClN2O4/c1-32-22-10-8-19(9-11-22)26(31)29-15-12-24(33-23-7-5-6-21(27)17-23)20(18-29)16-25(30)28-13-3-2-4-14-28/h5-11,17,20,24H,2-4,12-16,18H2,1H3/t20-,24-/m0/s1. The van der Waals surface area contributed by atoms with Gasteiger partial charge in [-0.05, 0) is 61.7 Å². The first kappa shape index (κ1) is 23.4. The molecule has 0 radical (unpaired) electrons. The van der Waals surface area contributed by atoms with Gasteiger partial charge >= 0.3 is 0 Å². The second-order valence-corrected chi connectivity index (χ2v) is 9.22. The molecule has 176 valence electrons. The van der Waals surface area contributed by atoms with Crippen LogP contribution in [0.3, 0.4) is 0 Å². The molecule has 0 unspecified atom stereocenters. The summed E-state index contributed by atoms with van der Waals surface area (Å²) in [5.74, 6) is 1.44. The zero-order chi connectivity index (χ0) is 23.2. The van der Waals surface area contributed by atoms with Crippen LogP contribution >= 0.6 is 11.6 Å². The minimum absolute atomic E-state index is 0.0331. The van der Waals surface area contributed by atoms with Crippen LogP contribution in [-0.2, 0) is 4.79 Å². The van der Waals surface area contributed by atoms with Crippen LogP contribution in [0.4, 0.5) is 0 Å². The predicted molar refractivity (Wildman–Crippen MR) is 128 cm³/mol. The largest absolute Gasteiger partial charge is 0.497 e. The van der Waals surface area contributed by atoms with Crippen LogP contribution in [0.1, 0.15) is 42.5 Å². The number of benzene rings is 2. The minimum Gasteiger partial charge on any atom is -0.497 e. The summed E-state index contributed by atoms with van der Waals surface area (Å²) in [5.41, 5.74) is 0.617. The third kappa shape index (κ3) is 5.99. The van der Waals surface area contributed by atoms with Crippen LogP contribution in [0.25, 0.3) is 0 Å². The number of ether oxygens (including phenoxy) is 2. The van der Waals surface area contributed by atoms with Gasteiger partial charge in [0.1, 0.15) is 17.6 Å². The molecule has 2 fully saturated rings. The number of nitrogens with zero attached hydrogens (tertiary/aromatic N) is 2. The maximum atomic E-state index is 13.2. The summed E-state index contributed by atoms with van der Waals surface area (Å²) in [7, 11) is 1.60. The Kier molecular flexibility index (Phi) is 7.76. The van der Waals surface area contributed by atoms with Gasteiger partial charge in [0.25, 0.3) is 5.91 Å². The van der Waals surface area contributed by atoms with E-state index in [2.05, 4.69) is 0 Å². The highest BCUT2D eigenvalue weighted by Crippen LogP contribution is 2.29. The van der Waals surface area contributed by atoms with E-state index in [4.69, 9.17) is 21.1 Å². The fourth-order valence-corrected chi connectivity index (χ4v) is 4.85. The van der Waals surface area contributed by atoms with Crippen LogP contribution in [0, 0.1) is 5.92 Å². The molecule has 6 nitrogen and oxygen atoms in total. The first-order chi connectivity index (χ1) is 16.0. The third-order valence-electron chi connectivity index (χ3n) is 6.52. The summed E-state index contributed by atoms with van der Waals surface area (Å²) in [6.45, 7) is 2.69. The van der Waals surface area contributed by atoms with E-state index in [0.29, 0.717) is 48.0 Å². The average Bonchev–Trinajstić information content (AvgIpc) is 2.85. The quantitative estimate of drug-likeness (QED) is 0.616. The van der Waals surface area contributed by atoms with Crippen molar-refractivity contribution in [2.24, 2.45) is 5.92 Å². The van der Waals surface area contributed by atoms with E-state index in [9.17, 15) is 9.59 Å². The van der Waals surface area contributed by atoms with Crippen molar-refractivity contribution in [2.45, 2.75) is 38.2 Å². The third-order valence-corrected chi connectivity index (χ3v) is 6.75. The van der Waals surface area contributed by atoms with Crippen LogP contribution in [0.15, 0.2) is 48.5 Å². The molecule has 7 heteroatoms. The van der Waals surface area contributed by atoms with E-state index in [-0.39, 0.29) is 23.8 Å². The number of hydrogen-bond acceptors (Lipinski definition) is 4. The number of halogens is 1. The van der Waals surface area contributed by atoms with Crippen molar-refractivity contribution < 1.29 is 19.1 Å². The van der Waals surface area contributed by atoms with Crippen molar-refractivity contribution in [1.82, 2.24) is 9.80 Å². The first-order valence-electron chi connectivity index (χ1n) is 11.7. The molecule has 2 saturated heterocycles. The van der Waals surface area contributed by atoms with Gasteiger partial charge in [-0.3, -0.25) is 9.59 Å². The highest BCUT2D eigenvalue weighted by Gasteiger charge is 2.35. The van der Waals surface area contributed by atoms with Crippen LogP contribution in [0.5, 0.6) is 11.5 Å². The monoisotopic (exact) mass is 470 g/mol. The van der Waals surface area contributed by atoms with Crippen molar-refractivity contribution in [3.63, 3.8) is 0 Å². The van der Waals surface area contributed by atoms with Crippen LogP contribution in [0.2, 0.25) is 5.02 Å². The molecule has 0 aliphatic carbocycles. The number of carbonyl (C=O) groups excluding carboxylic acids is 2. The highest BCUT2D eigenvalue weighted by molar-refractivity contribution is 6.30. The number of methoxy groups -OCH3 is 1. The molecule has 0 bridgehead atoms. The number of hydrogen-bond donors (Lipinski definition) is 0. The lowest BCUT2D eigenvalue weighted by Crippen LogP contribution is -2.49. The first-order valence-corrected chi connectivity index (χ1v) is 12.0. The van der Waals surface area contributed by atoms with Gasteiger partial charge in [0, 0.05) is 55.5 Å². The van der Waals surface area contributed by atoms with Crippen molar-refractivity contribution >= 4 is 23.4 Å². The molecule has 2 aromatic carbocycles. The van der Waals surface area contributed by atoms with Crippen LogP contribution < -0.4 is 9.47 Å². The lowest BCUT2D eigenvalue weighted by atomic mass is 9.90. The van der Waals surface area contributed by atoms with Crippen molar-refractivity contribution in [2.75, 3.05) is 33.3 Å². The summed E-state index contributed by atoms with van der Waals surface area (Å²) < 4.78 is 11.5. The van der Waals surface area contributed by atoms with Crippen molar-refractivity contribution in [3.05, 3.63) is 59.1 Å². The van der Waals surface area contributed by atoms with E-state index in [1.54, 1.807) is 37.4 Å². The Balaban J connectivity index is 1.48. The van der Waals surface area contributed by atoms with E-state index < -0.39 is 0 Å². The summed E-state index contributed by atoms with van der Waals surface area (Å²) in [6, 6.07) is 14.5. The summed E-state index contributed by atoms with van der Waals surface area (Å²) in [4.78, 5) is 30.0. The lowest BCUT2D eigenvalue weighted by molar-refractivity contribution is -0.134. The molecule has 33 heavy (non-hydrogen) atoms. The molecule has 2 atom stereocenters. The molecule has 0 spiro atoms. The molecule has 2 aliphatic heterocycles. The maximum absolute atomic E-state index is 13.2. The molecular weight excluding hydrogens is 440 g/mol. The van der Waals surface area contributed by atoms with Gasteiger partial charge in [-0.1, -0.05) is 17.7 Å². The molecule has 0 N–H and O–H groups in total. The van der Waals surface area contributed by atoms with E-state index in [1.807, 2.05) is 28.0 Å². The molecule has 0 aromatic heterocycles. The topological polar surface area (TPSA) is 59.1 Å². The van der Waals surface area contributed by atoms with Crippen molar-refractivity contribution in [3.8, 4) is 11.5 Å². The number of piperidine rings is 2. The van der Waals surface area contributed by atoms with Gasteiger partial charge < -0.3 is 19.3 Å². The minimum atomic E-state index is -0.155. The summed E-state index contributed by atoms with van der Waals surface area (Å²) >= 11 is 6.14. The van der Waals surface area contributed by atoms with Gasteiger partial charge in [-0.15, -0.1) is 0 Å². The normalized spacial score (nSPS) is 20.9. The summed E-state index contributed by atoms with van der Waals surface area (Å²) in [5, 5.41) is 0.612. The Labute approximate surface area is 200 Å². The Bertz CT molecular complexity index is 959. The average molecular weight is 471 g/mol. The Morgan fingerprint density at radius 3 is 2.42 bits per heavy atom. The number of carbonyl (C=O) groups is 2. The van der Waals surface area contributed by atoms with Crippen molar-refractivity contribution in [1.29, 1.82) is 0 Å². The second kappa shape index (κ2) is 10.9. The molecule has 2 aromatic rings. The molecule has 2 aliphatic rings. The zero-order valence-corrected chi connectivity index (χ0v) is 19.8. The van der Waals surface area contributed by atoms with E-state index in [0.717, 1.165) is 25.9 Å². The number of amides is 2. The fraction of sp³-hybridized carbons (Fsp3) is 0.462. The zero-order valence-electron chi connectivity index (χ0n) is 19.0. The highest BCUT2D eigenvalue weighted by atomic mass is 35.5. The molecular formula is C26H31ClN2O4. The van der Waals surface area contributed by atoms with Gasteiger partial charge in [0.15, 0.2) is 0 Å². The summed E-state index contributed by atoms with van der Waals surface area (Å²) in [6.07, 6.45) is 4.17. The number of rotatable bonds is 6. The molecule has 2 amide bonds. The van der Waals surface area contributed by atoms with Gasteiger partial charge in [-0.25, -0.2) is 0 Å². The lowest BCUT2D eigenvalue weighted by Gasteiger charge is -2.39. The smallest absolute Gasteiger partial charge is 0.253 e. The SMILES string of the molecule is COc1ccc(C(=O)N2CC[C@H](Oc3cccc(Cl)c3)[C@@H](CC(=O)N3CCCCC3)C2)cc1. The Morgan fingerprint density at radius 1 is 0.970 bits per heavy atom. The number of likely N-dealkylation sites (tertiary alicyclic amines) is 2. The van der Waals surface area contributed by atoms with Gasteiger partial charge in [0.2, 0.25) is 5.91 Å². The Morgan fingerprint density at radius 2 is 1.73 bits per heavy atom. The Hall–Kier alpha value is -2.73.